The van der Waals surface area contributed by atoms with Gasteiger partial charge in [-0.05, 0) is 37.5 Å². The van der Waals surface area contributed by atoms with Crippen LogP contribution in [0.25, 0.3) is 0 Å². The smallest absolute Gasteiger partial charge is 0.258 e. The second-order valence-electron chi connectivity index (χ2n) is 5.79. The molecule has 0 radical (unpaired) electrons. The van der Waals surface area contributed by atoms with E-state index < -0.39 is 6.10 Å². The molecule has 2 N–H and O–H groups in total. The molecule has 1 saturated carbocycles. The number of benzene rings is 1. The summed E-state index contributed by atoms with van der Waals surface area (Å²) in [4.78, 5) is 11.9. The van der Waals surface area contributed by atoms with Gasteiger partial charge in [0.05, 0.1) is 6.10 Å². The summed E-state index contributed by atoms with van der Waals surface area (Å²) in [5, 5.41) is 12.5. The molecule has 0 saturated heterocycles. The van der Waals surface area contributed by atoms with Crippen LogP contribution in [0.4, 0.5) is 0 Å². The van der Waals surface area contributed by atoms with Gasteiger partial charge in [0.2, 0.25) is 0 Å². The molecule has 0 heterocycles. The van der Waals surface area contributed by atoms with Gasteiger partial charge in [-0.2, -0.15) is 0 Å². The summed E-state index contributed by atoms with van der Waals surface area (Å²) < 4.78 is 5.48. The van der Waals surface area contributed by atoms with E-state index in [0.717, 1.165) is 18.4 Å². The summed E-state index contributed by atoms with van der Waals surface area (Å²) in [6, 6.07) is 7.48. The van der Waals surface area contributed by atoms with Crippen molar-refractivity contribution in [2.24, 2.45) is 0 Å². The summed E-state index contributed by atoms with van der Waals surface area (Å²) in [5.74, 6) is 0.594. The molecule has 0 aliphatic heterocycles. The summed E-state index contributed by atoms with van der Waals surface area (Å²) in [6.07, 6.45) is 6.62. The summed E-state index contributed by atoms with van der Waals surface area (Å²) >= 11 is 0. The topological polar surface area (TPSA) is 58.6 Å². The first-order chi connectivity index (χ1) is 10.1. The van der Waals surface area contributed by atoms with Gasteiger partial charge in [0.1, 0.15) is 5.75 Å². The number of hydrogen-bond donors (Lipinski definition) is 2. The van der Waals surface area contributed by atoms with Gasteiger partial charge in [-0.1, -0.05) is 37.8 Å². The molecule has 1 amide bonds. The molecule has 0 spiro atoms. The molecule has 1 aliphatic rings. The third kappa shape index (κ3) is 5.38. The maximum Gasteiger partial charge on any atom is 0.258 e. The highest BCUT2D eigenvalue weighted by Crippen LogP contribution is 2.18. The number of carbonyl (C=O) groups is 1. The van der Waals surface area contributed by atoms with E-state index in [2.05, 4.69) is 5.32 Å². The zero-order chi connectivity index (χ0) is 15.1. The van der Waals surface area contributed by atoms with Crippen LogP contribution in [0.3, 0.4) is 0 Å². The molecule has 1 aromatic rings. The lowest BCUT2D eigenvalue weighted by molar-refractivity contribution is -0.123. The Kier molecular flexibility index (Phi) is 6.05. The molecule has 0 aromatic heterocycles. The molecule has 4 nitrogen and oxygen atoms in total. The predicted molar refractivity (Wildman–Crippen MR) is 82.2 cm³/mol. The molecule has 0 unspecified atom stereocenters. The Morgan fingerprint density at radius 1 is 1.24 bits per heavy atom. The molecule has 1 fully saturated rings. The van der Waals surface area contributed by atoms with E-state index >= 15 is 0 Å². The molecule has 1 aliphatic carbocycles. The van der Waals surface area contributed by atoms with Crippen molar-refractivity contribution < 1.29 is 14.6 Å². The van der Waals surface area contributed by atoms with Gasteiger partial charge in [0.15, 0.2) is 6.61 Å². The minimum atomic E-state index is -0.488. The zero-order valence-electron chi connectivity index (χ0n) is 12.7. The molecule has 0 bridgehead atoms. The van der Waals surface area contributed by atoms with Crippen molar-refractivity contribution in [2.45, 2.75) is 57.6 Å². The standard InChI is InChI=1S/C17H25NO3/c1-13(19)14-8-10-16(11-9-14)21-12-17(20)18-15-6-4-2-3-5-7-15/h8-11,13,15,19H,2-7,12H2,1H3,(H,18,20)/t13-/m0/s1. The fourth-order valence-electron chi connectivity index (χ4n) is 2.68. The number of carbonyl (C=O) groups excluding carboxylic acids is 1. The van der Waals surface area contributed by atoms with Crippen molar-refractivity contribution in [2.75, 3.05) is 6.61 Å². The van der Waals surface area contributed by atoms with Crippen molar-refractivity contribution in [3.05, 3.63) is 29.8 Å². The fourth-order valence-corrected chi connectivity index (χ4v) is 2.68. The van der Waals surface area contributed by atoms with Gasteiger partial charge in [0.25, 0.3) is 5.91 Å². The van der Waals surface area contributed by atoms with Crippen molar-refractivity contribution in [3.63, 3.8) is 0 Å². The van der Waals surface area contributed by atoms with Crippen LogP contribution in [0.15, 0.2) is 24.3 Å². The third-order valence-corrected chi connectivity index (χ3v) is 3.95. The SMILES string of the molecule is C[C@H](O)c1ccc(OCC(=O)NC2CCCCCC2)cc1. The van der Waals surface area contributed by atoms with Crippen LogP contribution >= 0.6 is 0 Å². The molecule has 116 valence electrons. The quantitative estimate of drug-likeness (QED) is 0.820. The average Bonchev–Trinajstić information content (AvgIpc) is 2.74. The first-order valence-electron chi connectivity index (χ1n) is 7.85. The van der Waals surface area contributed by atoms with Crippen LogP contribution in [0, 0.1) is 0 Å². The Morgan fingerprint density at radius 2 is 1.86 bits per heavy atom. The molecule has 21 heavy (non-hydrogen) atoms. The molecule has 1 atom stereocenters. The normalized spacial score (nSPS) is 17.8. The maximum absolute atomic E-state index is 11.9. The lowest BCUT2D eigenvalue weighted by atomic mass is 10.1. The van der Waals surface area contributed by atoms with E-state index in [0.29, 0.717) is 11.8 Å². The molecule has 1 aromatic carbocycles. The summed E-state index contributed by atoms with van der Waals surface area (Å²) in [7, 11) is 0. The van der Waals surface area contributed by atoms with Gasteiger partial charge in [-0.25, -0.2) is 0 Å². The Labute approximate surface area is 126 Å². The average molecular weight is 291 g/mol. The third-order valence-electron chi connectivity index (χ3n) is 3.95. The zero-order valence-corrected chi connectivity index (χ0v) is 12.7. The number of hydrogen-bond acceptors (Lipinski definition) is 3. The first kappa shape index (κ1) is 15.8. The van der Waals surface area contributed by atoms with E-state index in [1.54, 1.807) is 19.1 Å². The Bertz CT molecular complexity index is 434. The van der Waals surface area contributed by atoms with Crippen molar-refractivity contribution in [1.82, 2.24) is 5.32 Å². The largest absolute Gasteiger partial charge is 0.484 e. The number of rotatable bonds is 5. The highest BCUT2D eigenvalue weighted by Gasteiger charge is 2.14. The predicted octanol–water partition coefficient (Wildman–Crippen LogP) is 2.96. The second-order valence-corrected chi connectivity index (χ2v) is 5.79. The Hall–Kier alpha value is -1.55. The molecule has 4 heteroatoms. The highest BCUT2D eigenvalue weighted by atomic mass is 16.5. The van der Waals surface area contributed by atoms with E-state index in [4.69, 9.17) is 4.74 Å². The number of aliphatic hydroxyl groups is 1. The van der Waals surface area contributed by atoms with Gasteiger partial charge >= 0.3 is 0 Å². The van der Waals surface area contributed by atoms with E-state index in [1.807, 2.05) is 12.1 Å². The lowest BCUT2D eigenvalue weighted by Crippen LogP contribution is -2.37. The first-order valence-corrected chi connectivity index (χ1v) is 7.85. The minimum absolute atomic E-state index is 0.0462. The van der Waals surface area contributed by atoms with Crippen molar-refractivity contribution >= 4 is 5.91 Å². The highest BCUT2D eigenvalue weighted by molar-refractivity contribution is 5.77. The van der Waals surface area contributed by atoms with E-state index in [-0.39, 0.29) is 12.5 Å². The molecular formula is C17H25NO3. The van der Waals surface area contributed by atoms with Crippen LogP contribution in [0.2, 0.25) is 0 Å². The fraction of sp³-hybridized carbons (Fsp3) is 0.588. The van der Waals surface area contributed by atoms with Gasteiger partial charge in [0, 0.05) is 6.04 Å². The van der Waals surface area contributed by atoms with E-state index in [1.165, 1.54) is 25.7 Å². The minimum Gasteiger partial charge on any atom is -0.484 e. The number of aliphatic hydroxyl groups excluding tert-OH is 1. The Morgan fingerprint density at radius 3 is 2.43 bits per heavy atom. The van der Waals surface area contributed by atoms with Crippen molar-refractivity contribution in [3.8, 4) is 5.75 Å². The summed E-state index contributed by atoms with van der Waals surface area (Å²) in [6.45, 7) is 1.76. The second kappa shape index (κ2) is 8.03. The summed E-state index contributed by atoms with van der Waals surface area (Å²) in [5.41, 5.74) is 0.838. The number of nitrogens with one attached hydrogen (secondary N) is 1. The molecular weight excluding hydrogens is 266 g/mol. The monoisotopic (exact) mass is 291 g/mol. The van der Waals surface area contributed by atoms with Crippen LogP contribution in [0.5, 0.6) is 5.75 Å². The van der Waals surface area contributed by atoms with E-state index in [9.17, 15) is 9.90 Å². The number of ether oxygens (including phenoxy) is 1. The van der Waals surface area contributed by atoms with Crippen LogP contribution in [-0.4, -0.2) is 23.7 Å². The number of amides is 1. The Balaban J connectivity index is 1.75. The van der Waals surface area contributed by atoms with Crippen LogP contribution < -0.4 is 10.1 Å². The van der Waals surface area contributed by atoms with Gasteiger partial charge in [-0.3, -0.25) is 4.79 Å². The van der Waals surface area contributed by atoms with Crippen LogP contribution in [-0.2, 0) is 4.79 Å². The molecule has 2 rings (SSSR count). The maximum atomic E-state index is 11.9. The van der Waals surface area contributed by atoms with Crippen LogP contribution in [0.1, 0.15) is 57.1 Å². The van der Waals surface area contributed by atoms with Crippen molar-refractivity contribution in [1.29, 1.82) is 0 Å². The lowest BCUT2D eigenvalue weighted by Gasteiger charge is -2.16. The van der Waals surface area contributed by atoms with Gasteiger partial charge in [-0.15, -0.1) is 0 Å². The van der Waals surface area contributed by atoms with Gasteiger partial charge < -0.3 is 15.2 Å².